The zero-order valence-corrected chi connectivity index (χ0v) is 19.8. The smallest absolute Gasteiger partial charge is 0.381 e. The van der Waals surface area contributed by atoms with E-state index in [0.29, 0.717) is 13.0 Å². The van der Waals surface area contributed by atoms with Gasteiger partial charge in [-0.15, -0.1) is 0 Å². The second kappa shape index (κ2) is 12.3. The molecule has 10 heteroatoms. The lowest BCUT2D eigenvalue weighted by Crippen LogP contribution is -2.02. The van der Waals surface area contributed by atoms with Gasteiger partial charge in [0, 0.05) is 12.2 Å². The summed E-state index contributed by atoms with van der Waals surface area (Å²) in [7, 11) is -9.90. The van der Waals surface area contributed by atoms with E-state index in [1.807, 2.05) is 32.0 Å². The average Bonchev–Trinajstić information content (AvgIpc) is 2.71. The molecule has 2 rings (SSSR count). The topological polar surface area (TPSA) is 125 Å². The molecule has 2 aromatic rings. The predicted octanol–water partition coefficient (Wildman–Crippen LogP) is 5.66. The Morgan fingerprint density at radius 2 is 1.53 bits per heavy atom. The summed E-state index contributed by atoms with van der Waals surface area (Å²) in [4.78, 5) is 26.3. The van der Waals surface area contributed by atoms with Gasteiger partial charge in [-0.3, -0.25) is 4.52 Å². The predicted molar refractivity (Wildman–Crippen MR) is 126 cm³/mol. The van der Waals surface area contributed by atoms with Crippen LogP contribution in [-0.4, -0.2) is 27.8 Å². The second-order valence-electron chi connectivity index (χ2n) is 7.27. The van der Waals surface area contributed by atoms with Crippen molar-refractivity contribution in [3.05, 3.63) is 77.9 Å². The first kappa shape index (κ1) is 26.2. The Morgan fingerprint density at radius 3 is 2.16 bits per heavy atom. The first-order valence-electron chi connectivity index (χ1n) is 9.99. The van der Waals surface area contributed by atoms with Crippen LogP contribution < -0.4 is 5.32 Å². The summed E-state index contributed by atoms with van der Waals surface area (Å²) in [5, 5.41) is 3.39. The SMILES string of the molecule is C/C(=C\COP(=O)(O)OP(=O)(O)O)CC/C=C(\C)CNc1ccc(-c2ccccc2)cc1. The van der Waals surface area contributed by atoms with Crippen LogP contribution in [0.2, 0.25) is 0 Å². The van der Waals surface area contributed by atoms with Gasteiger partial charge in [-0.1, -0.05) is 65.8 Å². The molecule has 0 spiro atoms. The molecule has 1 atom stereocenters. The van der Waals surface area contributed by atoms with Crippen LogP contribution in [0.3, 0.4) is 0 Å². The second-order valence-corrected chi connectivity index (χ2v) is 10.1. The highest BCUT2D eigenvalue weighted by Crippen LogP contribution is 2.57. The maximum Gasteiger partial charge on any atom is 0.481 e. The summed E-state index contributed by atoms with van der Waals surface area (Å²) in [6.45, 7) is 4.30. The van der Waals surface area contributed by atoms with Crippen molar-refractivity contribution in [3.8, 4) is 11.1 Å². The molecule has 32 heavy (non-hydrogen) atoms. The van der Waals surface area contributed by atoms with Crippen LogP contribution in [0.1, 0.15) is 26.7 Å². The van der Waals surface area contributed by atoms with E-state index in [9.17, 15) is 14.0 Å². The number of benzene rings is 2. The van der Waals surface area contributed by atoms with Gasteiger partial charge in [-0.05, 0) is 49.9 Å². The van der Waals surface area contributed by atoms with E-state index in [1.54, 1.807) is 6.08 Å². The minimum atomic E-state index is -5.10. The van der Waals surface area contributed by atoms with Crippen molar-refractivity contribution >= 4 is 21.3 Å². The molecule has 0 saturated carbocycles. The van der Waals surface area contributed by atoms with E-state index in [4.69, 9.17) is 9.79 Å². The highest BCUT2D eigenvalue weighted by molar-refractivity contribution is 7.60. The van der Waals surface area contributed by atoms with Crippen LogP contribution in [-0.2, 0) is 18.0 Å². The van der Waals surface area contributed by atoms with Gasteiger partial charge in [-0.2, -0.15) is 4.31 Å². The molecule has 0 aromatic heterocycles. The van der Waals surface area contributed by atoms with E-state index < -0.39 is 15.6 Å². The number of anilines is 1. The van der Waals surface area contributed by atoms with E-state index in [-0.39, 0.29) is 6.61 Å². The lowest BCUT2D eigenvalue weighted by molar-refractivity contribution is 0.191. The molecule has 2 aromatic carbocycles. The molecule has 0 fully saturated rings. The van der Waals surface area contributed by atoms with Gasteiger partial charge >= 0.3 is 15.6 Å². The molecular weight excluding hydrogens is 452 g/mol. The fraction of sp³-hybridized carbons (Fsp3) is 0.273. The summed E-state index contributed by atoms with van der Waals surface area (Å²) in [6, 6.07) is 18.5. The minimum Gasteiger partial charge on any atom is -0.381 e. The third-order valence-corrected chi connectivity index (χ3v) is 6.63. The van der Waals surface area contributed by atoms with E-state index in [0.717, 1.165) is 17.7 Å². The van der Waals surface area contributed by atoms with Crippen molar-refractivity contribution in [1.82, 2.24) is 0 Å². The minimum absolute atomic E-state index is 0.289. The number of allylic oxidation sites excluding steroid dienone is 2. The molecule has 0 amide bonds. The standard InChI is InChI=1S/C22H29NO7P2/c1-18(15-16-29-32(27,28)30-31(24,25)26)7-6-8-19(2)17-23-22-13-11-21(12-14-22)20-9-4-3-5-10-20/h3-5,8-15,23H,6-7,16-17H2,1-2H3,(H,27,28)(H2,24,25,26)/b18-15+,19-8+. The molecule has 174 valence electrons. The van der Waals surface area contributed by atoms with Gasteiger partial charge in [0.2, 0.25) is 0 Å². The van der Waals surface area contributed by atoms with Crippen molar-refractivity contribution in [2.45, 2.75) is 26.7 Å². The van der Waals surface area contributed by atoms with Gasteiger partial charge in [0.15, 0.2) is 0 Å². The van der Waals surface area contributed by atoms with E-state index in [2.05, 4.69) is 56.6 Å². The van der Waals surface area contributed by atoms with E-state index in [1.165, 1.54) is 16.7 Å². The number of rotatable bonds is 12. The molecule has 0 saturated heterocycles. The number of hydrogen-bond donors (Lipinski definition) is 4. The van der Waals surface area contributed by atoms with Gasteiger partial charge in [0.05, 0.1) is 6.61 Å². The third kappa shape index (κ3) is 10.5. The van der Waals surface area contributed by atoms with Crippen LogP contribution in [0.5, 0.6) is 0 Å². The van der Waals surface area contributed by atoms with Crippen molar-refractivity contribution < 1.29 is 32.6 Å². The lowest BCUT2D eigenvalue weighted by Gasteiger charge is -2.11. The van der Waals surface area contributed by atoms with Crippen LogP contribution in [0.4, 0.5) is 5.69 Å². The van der Waals surface area contributed by atoms with Crippen LogP contribution in [0.15, 0.2) is 77.9 Å². The largest absolute Gasteiger partial charge is 0.481 e. The van der Waals surface area contributed by atoms with Crippen LogP contribution in [0.25, 0.3) is 11.1 Å². The molecule has 0 heterocycles. The Balaban J connectivity index is 1.73. The lowest BCUT2D eigenvalue weighted by atomic mass is 10.1. The van der Waals surface area contributed by atoms with Crippen LogP contribution >= 0.6 is 15.6 Å². The number of phosphoric ester groups is 1. The zero-order valence-electron chi connectivity index (χ0n) is 18.0. The Labute approximate surface area is 188 Å². The van der Waals surface area contributed by atoms with Crippen molar-refractivity contribution in [2.75, 3.05) is 18.5 Å². The van der Waals surface area contributed by atoms with Crippen molar-refractivity contribution in [3.63, 3.8) is 0 Å². The first-order chi connectivity index (χ1) is 15.0. The monoisotopic (exact) mass is 481 g/mol. The Bertz CT molecular complexity index is 1010. The van der Waals surface area contributed by atoms with E-state index >= 15 is 0 Å². The molecule has 4 N–H and O–H groups in total. The first-order valence-corrected chi connectivity index (χ1v) is 13.0. The fourth-order valence-corrected chi connectivity index (χ4v) is 4.33. The van der Waals surface area contributed by atoms with Crippen molar-refractivity contribution in [1.29, 1.82) is 0 Å². The average molecular weight is 481 g/mol. The van der Waals surface area contributed by atoms with Gasteiger partial charge in [-0.25, -0.2) is 9.13 Å². The Hall–Kier alpha value is -2.02. The van der Waals surface area contributed by atoms with Crippen molar-refractivity contribution in [2.24, 2.45) is 0 Å². The fourth-order valence-electron chi connectivity index (χ4n) is 2.80. The zero-order chi connectivity index (χ0) is 23.6. The third-order valence-electron chi connectivity index (χ3n) is 4.47. The quantitative estimate of drug-likeness (QED) is 0.226. The maximum atomic E-state index is 11.4. The Morgan fingerprint density at radius 1 is 0.906 bits per heavy atom. The summed E-state index contributed by atoms with van der Waals surface area (Å²) < 4.78 is 30.2. The molecule has 0 aliphatic heterocycles. The molecule has 0 bridgehead atoms. The van der Waals surface area contributed by atoms with Crippen LogP contribution in [0, 0.1) is 0 Å². The maximum absolute atomic E-state index is 11.4. The highest BCUT2D eigenvalue weighted by atomic mass is 31.3. The number of hydrogen-bond acceptors (Lipinski definition) is 5. The Kier molecular flexibility index (Phi) is 10.1. The molecule has 0 radical (unpaired) electrons. The highest BCUT2D eigenvalue weighted by Gasteiger charge is 2.31. The summed E-state index contributed by atoms with van der Waals surface area (Å²) in [5.74, 6) is 0. The molecule has 0 aliphatic rings. The van der Waals surface area contributed by atoms with Gasteiger partial charge < -0.3 is 20.0 Å². The normalized spacial score (nSPS) is 14.8. The summed E-state index contributed by atoms with van der Waals surface area (Å²) >= 11 is 0. The van der Waals surface area contributed by atoms with Gasteiger partial charge in [0.25, 0.3) is 0 Å². The summed E-state index contributed by atoms with van der Waals surface area (Å²) in [5.41, 5.74) is 5.47. The molecular formula is C22H29NO7P2. The summed E-state index contributed by atoms with van der Waals surface area (Å²) in [6.07, 6.45) is 5.17. The molecule has 0 aliphatic carbocycles. The molecule has 1 unspecified atom stereocenters. The number of nitrogens with one attached hydrogen (secondary N) is 1. The van der Waals surface area contributed by atoms with Gasteiger partial charge in [0.1, 0.15) is 0 Å². The molecule has 8 nitrogen and oxygen atoms in total. The number of phosphoric acid groups is 2.